The van der Waals surface area contributed by atoms with Crippen LogP contribution in [0.3, 0.4) is 0 Å². The number of nitrogens with one attached hydrogen (secondary N) is 2. The highest BCUT2D eigenvalue weighted by molar-refractivity contribution is 5.76. The molecular formula is C13H22N4O. The topological polar surface area (TPSA) is 93.2 Å². The summed E-state index contributed by atoms with van der Waals surface area (Å²) in [6.07, 6.45) is 0.441. The molecule has 0 aliphatic heterocycles. The average molecular weight is 250 g/mol. The van der Waals surface area contributed by atoms with Crippen LogP contribution in [0.15, 0.2) is 18.2 Å². The Kier molecular flexibility index (Phi) is 5.30. The van der Waals surface area contributed by atoms with Crippen molar-refractivity contribution in [2.45, 2.75) is 20.3 Å². The Bertz CT molecular complexity index is 404. The van der Waals surface area contributed by atoms with Crippen molar-refractivity contribution in [2.75, 3.05) is 29.9 Å². The lowest BCUT2D eigenvalue weighted by molar-refractivity contribution is -0.120. The molecule has 1 aromatic carbocycles. The molecule has 0 saturated heterocycles. The fraction of sp³-hybridized carbons (Fsp3) is 0.462. The normalized spacial score (nSPS) is 10.4. The van der Waals surface area contributed by atoms with Crippen LogP contribution in [0.5, 0.6) is 0 Å². The van der Waals surface area contributed by atoms with Crippen molar-refractivity contribution in [3.8, 4) is 0 Å². The number of carbonyl (C=O) groups is 1. The molecule has 100 valence electrons. The highest BCUT2D eigenvalue weighted by Gasteiger charge is 2.02. The molecule has 0 aliphatic carbocycles. The summed E-state index contributed by atoms with van der Waals surface area (Å²) in [4.78, 5) is 11.5. The van der Waals surface area contributed by atoms with E-state index in [2.05, 4.69) is 24.5 Å². The van der Waals surface area contributed by atoms with Gasteiger partial charge in [0.1, 0.15) is 0 Å². The second kappa shape index (κ2) is 6.74. The van der Waals surface area contributed by atoms with Gasteiger partial charge in [-0.15, -0.1) is 0 Å². The molecule has 18 heavy (non-hydrogen) atoms. The summed E-state index contributed by atoms with van der Waals surface area (Å²) < 4.78 is 0. The first-order valence-corrected chi connectivity index (χ1v) is 6.14. The third-order valence-electron chi connectivity index (χ3n) is 2.48. The zero-order valence-corrected chi connectivity index (χ0v) is 11.0. The Labute approximate surface area is 108 Å². The van der Waals surface area contributed by atoms with Gasteiger partial charge in [-0.1, -0.05) is 13.8 Å². The van der Waals surface area contributed by atoms with E-state index in [1.165, 1.54) is 0 Å². The second-order valence-corrected chi connectivity index (χ2v) is 4.72. The predicted molar refractivity (Wildman–Crippen MR) is 76.2 cm³/mol. The Morgan fingerprint density at radius 3 is 2.61 bits per heavy atom. The van der Waals surface area contributed by atoms with Crippen molar-refractivity contribution in [3.05, 3.63) is 18.2 Å². The van der Waals surface area contributed by atoms with Crippen LogP contribution in [0.4, 0.5) is 17.1 Å². The molecule has 0 spiro atoms. The molecule has 5 heteroatoms. The third-order valence-corrected chi connectivity index (χ3v) is 2.48. The smallest absolute Gasteiger partial charge is 0.221 e. The fourth-order valence-corrected chi connectivity index (χ4v) is 1.41. The van der Waals surface area contributed by atoms with E-state index in [4.69, 9.17) is 11.5 Å². The number of rotatable bonds is 6. The van der Waals surface area contributed by atoms with Crippen LogP contribution in [0.1, 0.15) is 20.3 Å². The highest BCUT2D eigenvalue weighted by atomic mass is 16.1. The first-order valence-electron chi connectivity index (χ1n) is 6.14. The molecule has 0 aliphatic rings. The summed E-state index contributed by atoms with van der Waals surface area (Å²) in [7, 11) is 0. The van der Waals surface area contributed by atoms with Gasteiger partial charge in [-0.05, 0) is 24.1 Å². The summed E-state index contributed by atoms with van der Waals surface area (Å²) in [5, 5.41) is 6.00. The molecule has 0 saturated carbocycles. The highest BCUT2D eigenvalue weighted by Crippen LogP contribution is 2.19. The number of hydrogen-bond donors (Lipinski definition) is 4. The molecule has 0 unspecified atom stereocenters. The van der Waals surface area contributed by atoms with Crippen molar-refractivity contribution in [1.29, 1.82) is 0 Å². The van der Waals surface area contributed by atoms with Gasteiger partial charge >= 0.3 is 0 Å². The predicted octanol–water partition coefficient (Wildman–Crippen LogP) is 1.43. The van der Waals surface area contributed by atoms with Crippen molar-refractivity contribution < 1.29 is 4.79 Å². The molecule has 1 amide bonds. The Balaban J connectivity index is 2.28. The molecule has 0 fully saturated rings. The minimum atomic E-state index is 0.0552. The number of carbonyl (C=O) groups excluding carboxylic acids is 1. The summed E-state index contributed by atoms with van der Waals surface area (Å²) in [6.45, 7) is 5.42. The fourth-order valence-electron chi connectivity index (χ4n) is 1.41. The van der Waals surface area contributed by atoms with Crippen LogP contribution in [-0.2, 0) is 4.79 Å². The van der Waals surface area contributed by atoms with Crippen molar-refractivity contribution in [1.82, 2.24) is 5.32 Å². The second-order valence-electron chi connectivity index (χ2n) is 4.72. The SMILES string of the molecule is CC(C)CNC(=O)CCNc1ccc(N)c(N)c1. The van der Waals surface area contributed by atoms with Gasteiger partial charge in [0.05, 0.1) is 11.4 Å². The first-order chi connectivity index (χ1) is 8.49. The summed E-state index contributed by atoms with van der Waals surface area (Å²) in [6, 6.07) is 5.36. The van der Waals surface area contributed by atoms with Gasteiger partial charge < -0.3 is 22.1 Å². The number of anilines is 3. The molecule has 0 bridgehead atoms. The lowest BCUT2D eigenvalue weighted by Gasteiger charge is -2.10. The van der Waals surface area contributed by atoms with Crippen LogP contribution >= 0.6 is 0 Å². The van der Waals surface area contributed by atoms with Crippen LogP contribution in [0, 0.1) is 5.92 Å². The minimum Gasteiger partial charge on any atom is -0.397 e. The molecule has 0 heterocycles. The number of hydrogen-bond acceptors (Lipinski definition) is 4. The van der Waals surface area contributed by atoms with Crippen LogP contribution < -0.4 is 22.1 Å². The Morgan fingerprint density at radius 2 is 2.00 bits per heavy atom. The molecule has 6 N–H and O–H groups in total. The number of benzene rings is 1. The number of nitrogens with two attached hydrogens (primary N) is 2. The van der Waals surface area contributed by atoms with Crippen molar-refractivity contribution >= 4 is 23.0 Å². The van der Waals surface area contributed by atoms with Gasteiger partial charge in [-0.3, -0.25) is 4.79 Å². The monoisotopic (exact) mass is 250 g/mol. The van der Waals surface area contributed by atoms with Crippen LogP contribution in [0.2, 0.25) is 0 Å². The van der Waals surface area contributed by atoms with Gasteiger partial charge in [0.25, 0.3) is 0 Å². The maximum atomic E-state index is 11.5. The van der Waals surface area contributed by atoms with E-state index in [1.54, 1.807) is 12.1 Å². The molecule has 5 nitrogen and oxygen atoms in total. The number of amides is 1. The van der Waals surface area contributed by atoms with Crippen molar-refractivity contribution in [3.63, 3.8) is 0 Å². The van der Waals surface area contributed by atoms with Gasteiger partial charge in [0.15, 0.2) is 0 Å². The van der Waals surface area contributed by atoms with E-state index in [0.29, 0.717) is 36.8 Å². The summed E-state index contributed by atoms with van der Waals surface area (Å²) in [5.41, 5.74) is 13.3. The van der Waals surface area contributed by atoms with Crippen molar-refractivity contribution in [2.24, 2.45) is 5.92 Å². The number of nitrogen functional groups attached to an aromatic ring is 2. The van der Waals surface area contributed by atoms with Gasteiger partial charge in [-0.25, -0.2) is 0 Å². The lowest BCUT2D eigenvalue weighted by atomic mass is 10.2. The maximum Gasteiger partial charge on any atom is 0.221 e. The summed E-state index contributed by atoms with van der Waals surface area (Å²) >= 11 is 0. The Morgan fingerprint density at radius 1 is 1.28 bits per heavy atom. The lowest BCUT2D eigenvalue weighted by Crippen LogP contribution is -2.28. The van der Waals surface area contributed by atoms with E-state index < -0.39 is 0 Å². The quantitative estimate of drug-likeness (QED) is 0.574. The molecule has 1 rings (SSSR count). The van der Waals surface area contributed by atoms with Gasteiger partial charge in [-0.2, -0.15) is 0 Å². The standard InChI is InChI=1S/C13H22N4O/c1-9(2)8-17-13(18)5-6-16-10-3-4-11(14)12(15)7-10/h3-4,7,9,16H,5-6,8,14-15H2,1-2H3,(H,17,18). The first kappa shape index (κ1) is 14.2. The van der Waals surface area contributed by atoms with Crippen LogP contribution in [-0.4, -0.2) is 19.0 Å². The average Bonchev–Trinajstić information content (AvgIpc) is 2.31. The van der Waals surface area contributed by atoms with Gasteiger partial charge in [0, 0.05) is 25.2 Å². The summed E-state index contributed by atoms with van der Waals surface area (Å²) in [5.74, 6) is 0.526. The van der Waals surface area contributed by atoms with E-state index in [1.807, 2.05) is 6.07 Å². The van der Waals surface area contributed by atoms with E-state index >= 15 is 0 Å². The minimum absolute atomic E-state index is 0.0552. The van der Waals surface area contributed by atoms with E-state index in [9.17, 15) is 4.79 Å². The zero-order valence-electron chi connectivity index (χ0n) is 11.0. The maximum absolute atomic E-state index is 11.5. The molecule has 0 radical (unpaired) electrons. The molecule has 0 aromatic heterocycles. The Hall–Kier alpha value is -1.91. The van der Waals surface area contributed by atoms with E-state index in [-0.39, 0.29) is 5.91 Å². The third kappa shape index (κ3) is 4.95. The zero-order chi connectivity index (χ0) is 13.5. The van der Waals surface area contributed by atoms with Crippen LogP contribution in [0.25, 0.3) is 0 Å². The molecule has 0 atom stereocenters. The molecule has 1 aromatic rings. The van der Waals surface area contributed by atoms with Gasteiger partial charge in [0.2, 0.25) is 5.91 Å². The largest absolute Gasteiger partial charge is 0.397 e. The molecular weight excluding hydrogens is 228 g/mol. The van der Waals surface area contributed by atoms with E-state index in [0.717, 1.165) is 5.69 Å².